The zero-order valence-corrected chi connectivity index (χ0v) is 16.7. The van der Waals surface area contributed by atoms with E-state index < -0.39 is 0 Å². The summed E-state index contributed by atoms with van der Waals surface area (Å²) >= 11 is 1.47. The minimum Gasteiger partial charge on any atom is -0.496 e. The third-order valence-corrected chi connectivity index (χ3v) is 5.50. The van der Waals surface area contributed by atoms with Gasteiger partial charge in [0.05, 0.1) is 17.9 Å². The first-order valence-electron chi connectivity index (χ1n) is 9.34. The molecule has 0 saturated heterocycles. The third-order valence-electron chi connectivity index (χ3n) is 4.36. The molecule has 6 heteroatoms. The first-order chi connectivity index (χ1) is 13.6. The molecule has 0 saturated carbocycles. The summed E-state index contributed by atoms with van der Waals surface area (Å²) in [4.78, 5) is 25.7. The number of rotatable bonds is 7. The summed E-state index contributed by atoms with van der Waals surface area (Å²) in [6.45, 7) is 2.96. The molecule has 0 aliphatic carbocycles. The minimum absolute atomic E-state index is 0.192. The second-order valence-corrected chi connectivity index (χ2v) is 7.53. The van der Waals surface area contributed by atoms with E-state index in [0.717, 1.165) is 18.6 Å². The summed E-state index contributed by atoms with van der Waals surface area (Å²) in [5.74, 6) is 0.925. The molecule has 0 spiro atoms. The smallest absolute Gasteiger partial charge is 0.265 e. The van der Waals surface area contributed by atoms with Gasteiger partial charge in [-0.1, -0.05) is 42.5 Å². The summed E-state index contributed by atoms with van der Waals surface area (Å²) in [5.41, 5.74) is 2.20. The fourth-order valence-corrected chi connectivity index (χ4v) is 3.75. The van der Waals surface area contributed by atoms with Crippen molar-refractivity contribution in [2.45, 2.75) is 19.8 Å². The van der Waals surface area contributed by atoms with Gasteiger partial charge in [0, 0.05) is 12.3 Å². The predicted molar refractivity (Wildman–Crippen MR) is 113 cm³/mol. The molecule has 146 valence electrons. The highest BCUT2D eigenvalue weighted by Gasteiger charge is 2.20. The fourth-order valence-electron chi connectivity index (χ4n) is 2.93. The van der Waals surface area contributed by atoms with Gasteiger partial charge in [-0.3, -0.25) is 9.59 Å². The average Bonchev–Trinajstić information content (AvgIpc) is 2.72. The van der Waals surface area contributed by atoms with Gasteiger partial charge in [-0.15, -0.1) is 11.8 Å². The molecule has 0 aromatic heterocycles. The topological polar surface area (TPSA) is 67.4 Å². The standard InChI is InChI=1S/C22H24N2O3S/c1-16-20(28-15-14-27-16)22(26)24-19-12-6-5-11-18(19)21(25)23-13-7-10-17-8-3-2-4-9-17/h2-6,8-9,11-12H,7,10,13-15H2,1H3,(H,23,25)(H,24,26). The largest absolute Gasteiger partial charge is 0.496 e. The Kier molecular flexibility index (Phi) is 7.14. The number of aryl methyl sites for hydroxylation is 1. The lowest BCUT2D eigenvalue weighted by Gasteiger charge is -2.18. The Labute approximate surface area is 169 Å². The summed E-state index contributed by atoms with van der Waals surface area (Å²) in [7, 11) is 0. The van der Waals surface area contributed by atoms with Gasteiger partial charge in [0.15, 0.2) is 0 Å². The summed E-state index contributed by atoms with van der Waals surface area (Å²) in [6, 6.07) is 17.2. The van der Waals surface area contributed by atoms with Crippen molar-refractivity contribution < 1.29 is 14.3 Å². The molecule has 28 heavy (non-hydrogen) atoms. The molecule has 1 heterocycles. The number of hydrogen-bond donors (Lipinski definition) is 2. The van der Waals surface area contributed by atoms with E-state index in [0.29, 0.717) is 35.1 Å². The van der Waals surface area contributed by atoms with E-state index in [1.807, 2.05) is 18.2 Å². The number of amides is 2. The number of anilines is 1. The van der Waals surface area contributed by atoms with Crippen molar-refractivity contribution in [2.75, 3.05) is 24.2 Å². The van der Waals surface area contributed by atoms with E-state index in [4.69, 9.17) is 4.74 Å². The van der Waals surface area contributed by atoms with Gasteiger partial charge in [-0.05, 0) is 37.5 Å². The van der Waals surface area contributed by atoms with Crippen LogP contribution < -0.4 is 10.6 Å². The second kappa shape index (κ2) is 9.99. The lowest BCUT2D eigenvalue weighted by molar-refractivity contribution is -0.112. The number of carbonyl (C=O) groups is 2. The number of carbonyl (C=O) groups excluding carboxylic acids is 2. The van der Waals surface area contributed by atoms with Crippen LogP contribution in [0.15, 0.2) is 65.3 Å². The second-order valence-electron chi connectivity index (χ2n) is 6.43. The molecule has 5 nitrogen and oxygen atoms in total. The molecule has 0 radical (unpaired) electrons. The first kappa shape index (κ1) is 20.0. The molecule has 0 unspecified atom stereocenters. The third kappa shape index (κ3) is 5.39. The highest BCUT2D eigenvalue weighted by molar-refractivity contribution is 8.04. The molecule has 2 aromatic carbocycles. The zero-order valence-electron chi connectivity index (χ0n) is 15.9. The number of para-hydroxylation sites is 1. The molecule has 0 fully saturated rings. The Balaban J connectivity index is 1.58. The molecule has 0 atom stereocenters. The molecule has 2 aromatic rings. The lowest BCUT2D eigenvalue weighted by Crippen LogP contribution is -2.27. The highest BCUT2D eigenvalue weighted by Crippen LogP contribution is 2.27. The van der Waals surface area contributed by atoms with Gasteiger partial charge in [-0.2, -0.15) is 0 Å². The Morgan fingerprint density at radius 3 is 2.57 bits per heavy atom. The van der Waals surface area contributed by atoms with Gasteiger partial charge in [0.2, 0.25) is 0 Å². The van der Waals surface area contributed by atoms with Crippen LogP contribution in [0, 0.1) is 0 Å². The maximum Gasteiger partial charge on any atom is 0.265 e. The van der Waals surface area contributed by atoms with Crippen LogP contribution in [-0.4, -0.2) is 30.7 Å². The average molecular weight is 397 g/mol. The van der Waals surface area contributed by atoms with Crippen LogP contribution in [0.4, 0.5) is 5.69 Å². The van der Waals surface area contributed by atoms with E-state index in [2.05, 4.69) is 22.8 Å². The monoisotopic (exact) mass is 396 g/mol. The van der Waals surface area contributed by atoms with Gasteiger partial charge >= 0.3 is 0 Å². The molecule has 0 bridgehead atoms. The molecule has 2 N–H and O–H groups in total. The summed E-state index contributed by atoms with van der Waals surface area (Å²) < 4.78 is 5.45. The van der Waals surface area contributed by atoms with Crippen molar-refractivity contribution in [3.63, 3.8) is 0 Å². The Hall–Kier alpha value is -2.73. The van der Waals surface area contributed by atoms with E-state index in [1.165, 1.54) is 17.3 Å². The van der Waals surface area contributed by atoms with Gasteiger partial charge in [0.1, 0.15) is 10.7 Å². The van der Waals surface area contributed by atoms with Crippen LogP contribution in [0.1, 0.15) is 29.3 Å². The van der Waals surface area contributed by atoms with Crippen LogP contribution in [0.25, 0.3) is 0 Å². The Morgan fingerprint density at radius 1 is 1.04 bits per heavy atom. The maximum atomic E-state index is 12.6. The van der Waals surface area contributed by atoms with E-state index in [-0.39, 0.29) is 11.8 Å². The van der Waals surface area contributed by atoms with E-state index >= 15 is 0 Å². The maximum absolute atomic E-state index is 12.6. The Morgan fingerprint density at radius 2 is 1.79 bits per heavy atom. The summed E-state index contributed by atoms with van der Waals surface area (Å²) in [5, 5.41) is 5.79. The van der Waals surface area contributed by atoms with E-state index in [9.17, 15) is 9.59 Å². The normalized spacial score (nSPS) is 13.6. The molecule has 1 aliphatic rings. The number of allylic oxidation sites excluding steroid dienone is 1. The van der Waals surface area contributed by atoms with Crippen molar-refractivity contribution in [3.05, 3.63) is 76.4 Å². The molecule has 3 rings (SSSR count). The molecular weight excluding hydrogens is 372 g/mol. The zero-order chi connectivity index (χ0) is 19.8. The first-order valence-corrected chi connectivity index (χ1v) is 10.3. The number of hydrogen-bond acceptors (Lipinski definition) is 4. The van der Waals surface area contributed by atoms with Gasteiger partial charge < -0.3 is 15.4 Å². The number of ether oxygens (including phenoxy) is 1. The van der Waals surface area contributed by atoms with Crippen molar-refractivity contribution in [2.24, 2.45) is 0 Å². The minimum atomic E-state index is -0.244. The van der Waals surface area contributed by atoms with Crippen molar-refractivity contribution in [1.29, 1.82) is 0 Å². The lowest BCUT2D eigenvalue weighted by atomic mass is 10.1. The SMILES string of the molecule is CC1=C(C(=O)Nc2ccccc2C(=O)NCCCc2ccccc2)SCCO1. The molecule has 1 aliphatic heterocycles. The van der Waals surface area contributed by atoms with Crippen molar-refractivity contribution in [3.8, 4) is 0 Å². The predicted octanol–water partition coefficient (Wildman–Crippen LogP) is 3.98. The number of thioether (sulfide) groups is 1. The van der Waals surface area contributed by atoms with Gasteiger partial charge in [0.25, 0.3) is 11.8 Å². The van der Waals surface area contributed by atoms with Crippen LogP contribution in [0.3, 0.4) is 0 Å². The summed E-state index contributed by atoms with van der Waals surface area (Å²) in [6.07, 6.45) is 1.76. The number of nitrogens with one attached hydrogen (secondary N) is 2. The number of benzene rings is 2. The molecular formula is C22H24N2O3S. The van der Waals surface area contributed by atoms with Gasteiger partial charge in [-0.25, -0.2) is 0 Å². The van der Waals surface area contributed by atoms with E-state index in [1.54, 1.807) is 31.2 Å². The molecule has 2 amide bonds. The fraction of sp³-hybridized carbons (Fsp3) is 0.273. The highest BCUT2D eigenvalue weighted by atomic mass is 32.2. The Bertz CT molecular complexity index is 865. The van der Waals surface area contributed by atoms with Crippen LogP contribution in [0.2, 0.25) is 0 Å². The van der Waals surface area contributed by atoms with Crippen molar-refractivity contribution in [1.82, 2.24) is 5.32 Å². The van der Waals surface area contributed by atoms with Crippen LogP contribution in [0.5, 0.6) is 0 Å². The van der Waals surface area contributed by atoms with Crippen LogP contribution >= 0.6 is 11.8 Å². The van der Waals surface area contributed by atoms with Crippen LogP contribution in [-0.2, 0) is 16.0 Å². The quantitative estimate of drug-likeness (QED) is 0.695. The van der Waals surface area contributed by atoms with Crippen molar-refractivity contribution >= 4 is 29.3 Å².